The van der Waals surface area contributed by atoms with Crippen molar-refractivity contribution < 1.29 is 4.79 Å². The molecule has 1 amide bonds. The number of aromatic nitrogens is 2. The first-order valence-corrected chi connectivity index (χ1v) is 7.84. The van der Waals surface area contributed by atoms with Crippen LogP contribution in [0.2, 0.25) is 0 Å². The van der Waals surface area contributed by atoms with Crippen LogP contribution in [0.15, 0.2) is 18.5 Å². The Bertz CT molecular complexity index is 431. The molecule has 3 unspecified atom stereocenters. The quantitative estimate of drug-likeness (QED) is 0.872. The minimum absolute atomic E-state index is 0.00646. The molecule has 0 aromatic carbocycles. The molecule has 1 saturated carbocycles. The Kier molecular flexibility index (Phi) is 4.35. The summed E-state index contributed by atoms with van der Waals surface area (Å²) in [7, 11) is 0. The van der Waals surface area contributed by atoms with Crippen molar-refractivity contribution in [1.29, 1.82) is 0 Å². The fourth-order valence-corrected chi connectivity index (χ4v) is 3.55. The summed E-state index contributed by atoms with van der Waals surface area (Å²) in [6.07, 6.45) is 11.1. The lowest BCUT2D eigenvalue weighted by atomic mass is 9.77. The van der Waals surface area contributed by atoms with Crippen LogP contribution in [0.1, 0.15) is 38.5 Å². The lowest BCUT2D eigenvalue weighted by Gasteiger charge is -2.39. The molecule has 5 heteroatoms. The molecule has 0 spiro atoms. The van der Waals surface area contributed by atoms with E-state index in [4.69, 9.17) is 0 Å². The van der Waals surface area contributed by atoms with Gasteiger partial charge in [0.25, 0.3) is 0 Å². The maximum absolute atomic E-state index is 12.2. The third-order valence-electron chi connectivity index (χ3n) is 4.67. The maximum atomic E-state index is 12.2. The van der Waals surface area contributed by atoms with Gasteiger partial charge in [0, 0.05) is 25.0 Å². The standard InChI is InChI=1S/C15H24N4O/c20-15(16-9-11-19-10-3-8-17-19)14-7-6-12-4-1-2-5-13(12)18-14/h3,8,10,12-14,18H,1-2,4-7,9,11H2,(H,16,20). The van der Waals surface area contributed by atoms with E-state index in [1.165, 1.54) is 32.1 Å². The highest BCUT2D eigenvalue weighted by Gasteiger charge is 2.34. The number of piperidine rings is 1. The van der Waals surface area contributed by atoms with Gasteiger partial charge in [0.05, 0.1) is 12.6 Å². The number of nitrogens with one attached hydrogen (secondary N) is 2. The number of rotatable bonds is 4. The van der Waals surface area contributed by atoms with E-state index in [9.17, 15) is 4.79 Å². The smallest absolute Gasteiger partial charge is 0.237 e. The first-order chi connectivity index (χ1) is 9.83. The van der Waals surface area contributed by atoms with Crippen molar-refractivity contribution in [3.8, 4) is 0 Å². The van der Waals surface area contributed by atoms with Crippen LogP contribution in [0.3, 0.4) is 0 Å². The normalized spacial score (nSPS) is 29.7. The summed E-state index contributed by atoms with van der Waals surface area (Å²) in [6.45, 7) is 1.38. The van der Waals surface area contributed by atoms with Crippen LogP contribution < -0.4 is 10.6 Å². The van der Waals surface area contributed by atoms with Gasteiger partial charge in [0.15, 0.2) is 0 Å². The van der Waals surface area contributed by atoms with E-state index in [-0.39, 0.29) is 11.9 Å². The summed E-state index contributed by atoms with van der Waals surface area (Å²) >= 11 is 0. The van der Waals surface area contributed by atoms with E-state index in [1.54, 1.807) is 6.20 Å². The van der Waals surface area contributed by atoms with Crippen molar-refractivity contribution in [2.75, 3.05) is 6.54 Å². The molecule has 2 heterocycles. The molecule has 2 aliphatic rings. The van der Waals surface area contributed by atoms with E-state index in [1.807, 2.05) is 16.9 Å². The minimum Gasteiger partial charge on any atom is -0.353 e. The minimum atomic E-state index is 0.00646. The van der Waals surface area contributed by atoms with Gasteiger partial charge < -0.3 is 10.6 Å². The predicted molar refractivity (Wildman–Crippen MR) is 77.1 cm³/mol. The van der Waals surface area contributed by atoms with Crippen molar-refractivity contribution in [1.82, 2.24) is 20.4 Å². The second-order valence-electron chi connectivity index (χ2n) is 6.01. The predicted octanol–water partition coefficient (Wildman–Crippen LogP) is 1.31. The molecular weight excluding hydrogens is 252 g/mol. The van der Waals surface area contributed by atoms with Crippen molar-refractivity contribution in [3.63, 3.8) is 0 Å². The largest absolute Gasteiger partial charge is 0.353 e. The molecule has 0 bridgehead atoms. The van der Waals surface area contributed by atoms with Crippen molar-refractivity contribution in [2.24, 2.45) is 5.92 Å². The zero-order valence-electron chi connectivity index (χ0n) is 11.9. The Morgan fingerprint density at radius 1 is 1.30 bits per heavy atom. The first kappa shape index (κ1) is 13.6. The number of hydrogen-bond donors (Lipinski definition) is 2. The van der Waals surface area contributed by atoms with E-state index < -0.39 is 0 Å². The van der Waals surface area contributed by atoms with Gasteiger partial charge in [-0.2, -0.15) is 5.10 Å². The molecule has 110 valence electrons. The maximum Gasteiger partial charge on any atom is 0.237 e. The van der Waals surface area contributed by atoms with Gasteiger partial charge in [-0.1, -0.05) is 12.8 Å². The Labute approximate surface area is 120 Å². The highest BCUT2D eigenvalue weighted by molar-refractivity contribution is 5.81. The Balaban J connectivity index is 1.43. The third kappa shape index (κ3) is 3.20. The number of carbonyl (C=O) groups excluding carboxylic acids is 1. The summed E-state index contributed by atoms with van der Waals surface area (Å²) in [4.78, 5) is 12.2. The van der Waals surface area contributed by atoms with Crippen molar-refractivity contribution >= 4 is 5.91 Å². The molecule has 2 fully saturated rings. The summed E-state index contributed by atoms with van der Waals surface area (Å²) in [5, 5.41) is 10.7. The van der Waals surface area contributed by atoms with Crippen LogP contribution in [0, 0.1) is 5.92 Å². The van der Waals surface area contributed by atoms with Gasteiger partial charge in [-0.15, -0.1) is 0 Å². The molecule has 1 aliphatic carbocycles. The van der Waals surface area contributed by atoms with E-state index in [0.29, 0.717) is 12.6 Å². The summed E-state index contributed by atoms with van der Waals surface area (Å²) in [5.41, 5.74) is 0. The molecule has 3 rings (SSSR count). The molecule has 1 saturated heterocycles. The molecular formula is C15H24N4O. The molecule has 20 heavy (non-hydrogen) atoms. The summed E-state index contributed by atoms with van der Waals surface area (Å²) < 4.78 is 1.84. The van der Waals surface area contributed by atoms with Crippen molar-refractivity contribution in [3.05, 3.63) is 18.5 Å². The SMILES string of the molecule is O=C(NCCn1cccn1)C1CCC2CCCCC2N1. The van der Waals surface area contributed by atoms with E-state index in [2.05, 4.69) is 15.7 Å². The highest BCUT2D eigenvalue weighted by atomic mass is 16.2. The highest BCUT2D eigenvalue weighted by Crippen LogP contribution is 2.32. The first-order valence-electron chi connectivity index (χ1n) is 7.84. The average molecular weight is 276 g/mol. The number of amides is 1. The Morgan fingerprint density at radius 2 is 2.20 bits per heavy atom. The van der Waals surface area contributed by atoms with Gasteiger partial charge >= 0.3 is 0 Å². The van der Waals surface area contributed by atoms with Crippen LogP contribution in [-0.4, -0.2) is 34.3 Å². The lowest BCUT2D eigenvalue weighted by Crippen LogP contribution is -2.55. The molecule has 2 N–H and O–H groups in total. The van der Waals surface area contributed by atoms with Gasteiger partial charge in [-0.25, -0.2) is 0 Å². The van der Waals surface area contributed by atoms with Gasteiger partial charge in [0.1, 0.15) is 0 Å². The average Bonchev–Trinajstić information content (AvgIpc) is 3.00. The van der Waals surface area contributed by atoms with Crippen LogP contribution in [0.4, 0.5) is 0 Å². The second-order valence-corrected chi connectivity index (χ2v) is 6.01. The van der Waals surface area contributed by atoms with Crippen LogP contribution in [0.5, 0.6) is 0 Å². The topological polar surface area (TPSA) is 59.0 Å². The number of nitrogens with zero attached hydrogens (tertiary/aromatic N) is 2. The van der Waals surface area contributed by atoms with E-state index in [0.717, 1.165) is 18.9 Å². The molecule has 0 radical (unpaired) electrons. The molecule has 1 aromatic rings. The molecule has 1 aliphatic heterocycles. The van der Waals surface area contributed by atoms with Gasteiger partial charge in [-0.05, 0) is 37.7 Å². The summed E-state index contributed by atoms with van der Waals surface area (Å²) in [5.74, 6) is 0.957. The number of fused-ring (bicyclic) bond motifs is 1. The van der Waals surface area contributed by atoms with Gasteiger partial charge in [0.2, 0.25) is 5.91 Å². The van der Waals surface area contributed by atoms with Crippen LogP contribution in [0.25, 0.3) is 0 Å². The fraction of sp³-hybridized carbons (Fsp3) is 0.733. The van der Waals surface area contributed by atoms with Gasteiger partial charge in [-0.3, -0.25) is 9.48 Å². The number of carbonyl (C=O) groups is 1. The Hall–Kier alpha value is -1.36. The third-order valence-corrected chi connectivity index (χ3v) is 4.67. The summed E-state index contributed by atoms with van der Waals surface area (Å²) in [6, 6.07) is 2.47. The number of hydrogen-bond acceptors (Lipinski definition) is 3. The Morgan fingerprint density at radius 3 is 3.05 bits per heavy atom. The fourth-order valence-electron chi connectivity index (χ4n) is 3.55. The monoisotopic (exact) mass is 276 g/mol. The van der Waals surface area contributed by atoms with Crippen molar-refractivity contribution in [2.45, 2.75) is 57.2 Å². The molecule has 5 nitrogen and oxygen atoms in total. The molecule has 3 atom stereocenters. The van der Waals surface area contributed by atoms with Crippen LogP contribution in [-0.2, 0) is 11.3 Å². The zero-order chi connectivity index (χ0) is 13.8. The zero-order valence-corrected chi connectivity index (χ0v) is 11.9. The lowest BCUT2D eigenvalue weighted by molar-refractivity contribution is -0.124. The molecule has 1 aromatic heterocycles. The second kappa shape index (κ2) is 6.39. The van der Waals surface area contributed by atoms with E-state index >= 15 is 0 Å². The van der Waals surface area contributed by atoms with Crippen LogP contribution >= 0.6 is 0 Å².